The SMILES string of the molecule is CCCCCCCCCCCCCCOc1cc([C@@H]2CCCC[C@H]2OC)ccc1-c1ccccc1. The zero-order valence-electron chi connectivity index (χ0n) is 22.6. The molecule has 1 fully saturated rings. The first-order valence-electron chi connectivity index (χ1n) is 14.7. The highest BCUT2D eigenvalue weighted by atomic mass is 16.5. The molecule has 2 atom stereocenters. The predicted molar refractivity (Wildman–Crippen MR) is 150 cm³/mol. The highest BCUT2D eigenvalue weighted by Crippen LogP contribution is 2.39. The largest absolute Gasteiger partial charge is 0.493 e. The van der Waals surface area contributed by atoms with E-state index in [9.17, 15) is 0 Å². The van der Waals surface area contributed by atoms with Crippen molar-refractivity contribution in [3.63, 3.8) is 0 Å². The molecule has 2 heteroatoms. The fraction of sp³-hybridized carbons (Fsp3) is 0.636. The van der Waals surface area contributed by atoms with E-state index in [0.717, 1.165) is 25.2 Å². The lowest BCUT2D eigenvalue weighted by atomic mass is 9.81. The topological polar surface area (TPSA) is 18.5 Å². The van der Waals surface area contributed by atoms with Crippen LogP contribution in [-0.2, 0) is 4.74 Å². The molecule has 1 aliphatic carbocycles. The summed E-state index contributed by atoms with van der Waals surface area (Å²) < 4.78 is 12.3. The second-order valence-corrected chi connectivity index (χ2v) is 10.5. The standard InChI is InChI=1S/C33H50O2/c1-3-4-5-6-7-8-9-10-11-12-13-19-26-35-33-27-29(30-22-17-18-23-32(30)34-2)24-25-31(33)28-20-15-14-16-21-28/h14-16,20-21,24-25,27,30,32H,3-13,17-19,22-23,26H2,1-2H3/t30-,32+/m0/s1. The Morgan fingerprint density at radius 1 is 0.714 bits per heavy atom. The summed E-state index contributed by atoms with van der Waals surface area (Å²) in [5.41, 5.74) is 3.81. The minimum Gasteiger partial charge on any atom is -0.493 e. The van der Waals surface area contributed by atoms with Crippen LogP contribution < -0.4 is 4.74 Å². The molecule has 0 amide bonds. The number of unbranched alkanes of at least 4 members (excludes halogenated alkanes) is 11. The van der Waals surface area contributed by atoms with Gasteiger partial charge in [-0.25, -0.2) is 0 Å². The third-order valence-corrected chi connectivity index (χ3v) is 7.78. The molecule has 3 rings (SSSR count). The summed E-state index contributed by atoms with van der Waals surface area (Å²) in [6, 6.07) is 17.6. The highest BCUT2D eigenvalue weighted by Gasteiger charge is 2.27. The van der Waals surface area contributed by atoms with E-state index in [1.807, 2.05) is 7.11 Å². The number of ether oxygens (including phenoxy) is 2. The highest BCUT2D eigenvalue weighted by molar-refractivity contribution is 5.71. The summed E-state index contributed by atoms with van der Waals surface area (Å²) in [6.07, 6.45) is 21.7. The van der Waals surface area contributed by atoms with Crippen molar-refractivity contribution in [3.8, 4) is 16.9 Å². The van der Waals surface area contributed by atoms with E-state index in [1.54, 1.807) is 0 Å². The Morgan fingerprint density at radius 2 is 1.34 bits per heavy atom. The Bertz CT molecular complexity index is 800. The molecule has 0 aromatic heterocycles. The Kier molecular flexibility index (Phi) is 13.3. The molecular formula is C33H50O2. The van der Waals surface area contributed by atoms with Gasteiger partial charge in [0.15, 0.2) is 0 Å². The van der Waals surface area contributed by atoms with E-state index in [0.29, 0.717) is 12.0 Å². The average Bonchev–Trinajstić information content (AvgIpc) is 2.91. The number of benzene rings is 2. The van der Waals surface area contributed by atoms with Crippen LogP contribution in [0.4, 0.5) is 0 Å². The van der Waals surface area contributed by atoms with Crippen molar-refractivity contribution in [1.82, 2.24) is 0 Å². The van der Waals surface area contributed by atoms with Crippen LogP contribution in [0.1, 0.15) is 121 Å². The van der Waals surface area contributed by atoms with E-state index in [-0.39, 0.29) is 0 Å². The van der Waals surface area contributed by atoms with Gasteiger partial charge in [-0.15, -0.1) is 0 Å². The molecule has 2 aromatic carbocycles. The van der Waals surface area contributed by atoms with Crippen molar-refractivity contribution < 1.29 is 9.47 Å². The molecule has 0 radical (unpaired) electrons. The van der Waals surface area contributed by atoms with Crippen LogP contribution in [0.25, 0.3) is 11.1 Å². The number of rotatable bonds is 17. The van der Waals surface area contributed by atoms with Gasteiger partial charge in [-0.3, -0.25) is 0 Å². The second kappa shape index (κ2) is 16.8. The molecule has 0 N–H and O–H groups in total. The average molecular weight is 479 g/mol. The van der Waals surface area contributed by atoms with Crippen molar-refractivity contribution in [1.29, 1.82) is 0 Å². The van der Waals surface area contributed by atoms with Crippen molar-refractivity contribution in [2.24, 2.45) is 0 Å². The van der Waals surface area contributed by atoms with Crippen LogP contribution >= 0.6 is 0 Å². The van der Waals surface area contributed by atoms with Gasteiger partial charge in [-0.1, -0.05) is 133 Å². The maximum atomic E-state index is 6.44. The van der Waals surface area contributed by atoms with Gasteiger partial charge in [-0.2, -0.15) is 0 Å². The van der Waals surface area contributed by atoms with Crippen LogP contribution in [0.2, 0.25) is 0 Å². The molecule has 35 heavy (non-hydrogen) atoms. The van der Waals surface area contributed by atoms with E-state index in [1.165, 1.54) is 107 Å². The maximum Gasteiger partial charge on any atom is 0.127 e. The molecule has 0 unspecified atom stereocenters. The van der Waals surface area contributed by atoms with Gasteiger partial charge in [0, 0.05) is 18.6 Å². The Hall–Kier alpha value is -1.80. The quantitative estimate of drug-likeness (QED) is 0.211. The van der Waals surface area contributed by atoms with Gasteiger partial charge in [0.25, 0.3) is 0 Å². The minimum absolute atomic E-state index is 0.329. The fourth-order valence-electron chi connectivity index (χ4n) is 5.63. The molecule has 0 spiro atoms. The van der Waals surface area contributed by atoms with Crippen molar-refractivity contribution >= 4 is 0 Å². The predicted octanol–water partition coefficient (Wildman–Crippen LogP) is 10.1. The van der Waals surface area contributed by atoms with Crippen LogP contribution in [0, 0.1) is 0 Å². The van der Waals surface area contributed by atoms with Gasteiger partial charge in [-0.05, 0) is 36.5 Å². The lowest BCUT2D eigenvalue weighted by Gasteiger charge is -2.31. The Balaban J connectivity index is 1.45. The first-order valence-corrected chi connectivity index (χ1v) is 14.7. The van der Waals surface area contributed by atoms with E-state index >= 15 is 0 Å². The summed E-state index contributed by atoms with van der Waals surface area (Å²) >= 11 is 0. The monoisotopic (exact) mass is 478 g/mol. The number of methoxy groups -OCH3 is 1. The Labute approximate surface area is 215 Å². The molecule has 1 aliphatic rings. The van der Waals surface area contributed by atoms with Gasteiger partial charge in [0.2, 0.25) is 0 Å². The van der Waals surface area contributed by atoms with Gasteiger partial charge in [0.05, 0.1) is 12.7 Å². The lowest BCUT2D eigenvalue weighted by molar-refractivity contribution is 0.0523. The first kappa shape index (κ1) is 27.8. The van der Waals surface area contributed by atoms with Gasteiger partial charge >= 0.3 is 0 Å². The molecule has 0 bridgehead atoms. The summed E-state index contributed by atoms with van der Waals surface area (Å²) in [4.78, 5) is 0. The third-order valence-electron chi connectivity index (χ3n) is 7.78. The molecule has 0 saturated heterocycles. The summed E-state index contributed by atoms with van der Waals surface area (Å²) in [6.45, 7) is 3.10. The Morgan fingerprint density at radius 3 is 2.00 bits per heavy atom. The van der Waals surface area contributed by atoms with Crippen molar-refractivity contribution in [2.75, 3.05) is 13.7 Å². The summed E-state index contributed by atoms with van der Waals surface area (Å²) in [5, 5.41) is 0. The molecular weight excluding hydrogens is 428 g/mol. The number of hydrogen-bond acceptors (Lipinski definition) is 2. The first-order chi connectivity index (χ1) is 17.3. The van der Waals surface area contributed by atoms with Gasteiger partial charge < -0.3 is 9.47 Å². The van der Waals surface area contributed by atoms with Crippen molar-refractivity contribution in [3.05, 3.63) is 54.1 Å². The zero-order chi connectivity index (χ0) is 24.6. The second-order valence-electron chi connectivity index (χ2n) is 10.5. The van der Waals surface area contributed by atoms with Crippen LogP contribution in [0.15, 0.2) is 48.5 Å². The third kappa shape index (κ3) is 9.64. The van der Waals surface area contributed by atoms with E-state index in [2.05, 4.69) is 55.5 Å². The molecule has 2 aromatic rings. The van der Waals surface area contributed by atoms with E-state index in [4.69, 9.17) is 9.47 Å². The van der Waals surface area contributed by atoms with Crippen LogP contribution in [0.5, 0.6) is 5.75 Å². The van der Waals surface area contributed by atoms with Crippen molar-refractivity contribution in [2.45, 2.75) is 122 Å². The van der Waals surface area contributed by atoms with Crippen LogP contribution in [-0.4, -0.2) is 19.8 Å². The smallest absolute Gasteiger partial charge is 0.127 e. The normalized spacial score (nSPS) is 18.0. The molecule has 0 aliphatic heterocycles. The number of hydrogen-bond donors (Lipinski definition) is 0. The molecule has 194 valence electrons. The van der Waals surface area contributed by atoms with Gasteiger partial charge in [0.1, 0.15) is 5.75 Å². The molecule has 2 nitrogen and oxygen atoms in total. The summed E-state index contributed by atoms with van der Waals surface area (Å²) in [7, 11) is 1.87. The fourth-order valence-corrected chi connectivity index (χ4v) is 5.63. The van der Waals surface area contributed by atoms with Crippen LogP contribution in [0.3, 0.4) is 0 Å². The molecule has 0 heterocycles. The van der Waals surface area contributed by atoms with E-state index < -0.39 is 0 Å². The maximum absolute atomic E-state index is 6.44. The summed E-state index contributed by atoms with van der Waals surface area (Å²) in [5.74, 6) is 1.52. The minimum atomic E-state index is 0.329. The lowest BCUT2D eigenvalue weighted by Crippen LogP contribution is -2.24. The molecule has 1 saturated carbocycles. The zero-order valence-corrected chi connectivity index (χ0v) is 22.6.